The molecule has 0 spiro atoms. The third-order valence-electron chi connectivity index (χ3n) is 4.02. The Bertz CT molecular complexity index is 1070. The van der Waals surface area contributed by atoms with Gasteiger partial charge in [-0.3, -0.25) is 4.79 Å². The fourth-order valence-electron chi connectivity index (χ4n) is 2.64. The van der Waals surface area contributed by atoms with E-state index in [2.05, 4.69) is 5.32 Å². The largest absolute Gasteiger partial charge is 0.480 e. The Hall–Kier alpha value is -3.47. The van der Waals surface area contributed by atoms with E-state index in [1.165, 1.54) is 24.3 Å². The monoisotopic (exact) mass is 481 g/mol. The molecule has 0 heterocycles. The first kappa shape index (κ1) is 25.8. The molecule has 8 nitrogen and oxygen atoms in total. The van der Waals surface area contributed by atoms with Crippen molar-refractivity contribution >= 4 is 34.9 Å². The second kappa shape index (κ2) is 11.4. The van der Waals surface area contributed by atoms with Gasteiger partial charge in [0.15, 0.2) is 0 Å². The number of nitrogens with one attached hydrogen (secondary N) is 1. The van der Waals surface area contributed by atoms with Gasteiger partial charge in [0.1, 0.15) is 29.0 Å². The summed E-state index contributed by atoms with van der Waals surface area (Å²) in [7, 11) is 0. The summed E-state index contributed by atoms with van der Waals surface area (Å²) in [6, 6.07) is 5.49. The fourth-order valence-corrected chi connectivity index (χ4v) is 3.32. The molecule has 0 aliphatic heterocycles. The number of aliphatic carboxylic acids is 1. The lowest BCUT2D eigenvalue weighted by Gasteiger charge is -2.15. The van der Waals surface area contributed by atoms with E-state index in [0.717, 1.165) is 13.0 Å². The molecule has 0 aliphatic carbocycles. The standard InChI is InChI=1S/C22H21F2NO7S/c1-11(2)31-21(29)16-8-13(15-6-5-14(23)9-17(15)24)4-7-19(16)32-22(30)33-10-18(20(27)28)25-12(3)26/h4-9,11,18H,10H2,1-3H3,(H,25,26)(H,27,28). The number of carboxylic acid groups (broad SMARTS) is 1. The normalized spacial score (nSPS) is 11.6. The van der Waals surface area contributed by atoms with Gasteiger partial charge in [-0.05, 0) is 55.4 Å². The lowest BCUT2D eigenvalue weighted by atomic mass is 10.0. The van der Waals surface area contributed by atoms with Gasteiger partial charge in [0.05, 0.1) is 6.10 Å². The number of thioether (sulfide) groups is 1. The van der Waals surface area contributed by atoms with Crippen LogP contribution >= 0.6 is 11.8 Å². The van der Waals surface area contributed by atoms with E-state index in [4.69, 9.17) is 14.6 Å². The van der Waals surface area contributed by atoms with E-state index in [1.54, 1.807) is 13.8 Å². The molecule has 0 saturated carbocycles. The number of halogens is 2. The highest BCUT2D eigenvalue weighted by molar-refractivity contribution is 8.13. The van der Waals surface area contributed by atoms with Crippen molar-refractivity contribution in [2.24, 2.45) is 0 Å². The summed E-state index contributed by atoms with van der Waals surface area (Å²) in [4.78, 5) is 47.1. The van der Waals surface area contributed by atoms with Crippen molar-refractivity contribution in [3.8, 4) is 16.9 Å². The quantitative estimate of drug-likeness (QED) is 0.543. The van der Waals surface area contributed by atoms with Gasteiger partial charge in [-0.2, -0.15) is 0 Å². The summed E-state index contributed by atoms with van der Waals surface area (Å²) >= 11 is 0.478. The number of benzene rings is 2. The van der Waals surface area contributed by atoms with Crippen LogP contribution in [0.3, 0.4) is 0 Å². The Morgan fingerprint density at radius 1 is 1.09 bits per heavy atom. The van der Waals surface area contributed by atoms with Gasteiger partial charge in [0.25, 0.3) is 0 Å². The summed E-state index contributed by atoms with van der Waals surface area (Å²) < 4.78 is 37.8. The van der Waals surface area contributed by atoms with Crippen molar-refractivity contribution in [3.63, 3.8) is 0 Å². The molecule has 0 saturated heterocycles. The number of rotatable bonds is 8. The van der Waals surface area contributed by atoms with Gasteiger partial charge in [-0.15, -0.1) is 0 Å². The number of ether oxygens (including phenoxy) is 2. The van der Waals surface area contributed by atoms with E-state index in [1.807, 2.05) is 0 Å². The van der Waals surface area contributed by atoms with Gasteiger partial charge < -0.3 is 19.9 Å². The van der Waals surface area contributed by atoms with Crippen molar-refractivity contribution < 1.29 is 42.5 Å². The summed E-state index contributed by atoms with van der Waals surface area (Å²) in [5.74, 6) is -4.90. The van der Waals surface area contributed by atoms with Crippen molar-refractivity contribution in [1.82, 2.24) is 5.32 Å². The highest BCUT2D eigenvalue weighted by Gasteiger charge is 2.23. The van der Waals surface area contributed by atoms with Crippen LogP contribution in [-0.2, 0) is 14.3 Å². The molecule has 0 aromatic heterocycles. The van der Waals surface area contributed by atoms with Gasteiger partial charge >= 0.3 is 17.2 Å². The molecule has 33 heavy (non-hydrogen) atoms. The van der Waals surface area contributed by atoms with Crippen LogP contribution in [0.5, 0.6) is 5.75 Å². The predicted octanol–water partition coefficient (Wildman–Crippen LogP) is 4.02. The van der Waals surface area contributed by atoms with E-state index in [-0.39, 0.29) is 28.2 Å². The Kier molecular flexibility index (Phi) is 8.92. The summed E-state index contributed by atoms with van der Waals surface area (Å²) in [6.45, 7) is 4.35. The highest BCUT2D eigenvalue weighted by Crippen LogP contribution is 2.30. The molecule has 1 atom stereocenters. The lowest BCUT2D eigenvalue weighted by Crippen LogP contribution is -2.41. The molecule has 0 aliphatic rings. The average Bonchev–Trinajstić information content (AvgIpc) is 2.70. The maximum Gasteiger partial charge on any atom is 0.372 e. The maximum atomic E-state index is 14.2. The minimum Gasteiger partial charge on any atom is -0.480 e. The topological polar surface area (TPSA) is 119 Å². The number of amides is 1. The molecule has 0 bridgehead atoms. The molecule has 0 radical (unpaired) electrons. The number of esters is 1. The number of carbonyl (C=O) groups is 4. The van der Waals surface area contributed by atoms with Crippen molar-refractivity contribution in [2.75, 3.05) is 5.75 Å². The minimum absolute atomic E-state index is 0.0156. The van der Waals surface area contributed by atoms with Gasteiger partial charge in [0.2, 0.25) is 5.91 Å². The van der Waals surface area contributed by atoms with E-state index in [0.29, 0.717) is 17.8 Å². The molecule has 176 valence electrons. The molecule has 1 amide bonds. The summed E-state index contributed by atoms with van der Waals surface area (Å²) in [5.41, 5.74) is 0.0460. The smallest absolute Gasteiger partial charge is 0.372 e. The Morgan fingerprint density at radius 2 is 1.79 bits per heavy atom. The van der Waals surface area contributed by atoms with E-state index in [9.17, 15) is 28.0 Å². The third-order valence-corrected chi connectivity index (χ3v) is 4.84. The van der Waals surface area contributed by atoms with Crippen LogP contribution < -0.4 is 10.1 Å². The zero-order chi connectivity index (χ0) is 24.7. The van der Waals surface area contributed by atoms with Crippen LogP contribution in [0, 0.1) is 11.6 Å². The second-order valence-electron chi connectivity index (χ2n) is 7.04. The first-order valence-corrected chi connectivity index (χ1v) is 10.6. The summed E-state index contributed by atoms with van der Waals surface area (Å²) in [6.07, 6.45) is -0.504. The van der Waals surface area contributed by atoms with Crippen LogP contribution in [0.1, 0.15) is 31.1 Å². The zero-order valence-electron chi connectivity index (χ0n) is 17.9. The maximum absolute atomic E-state index is 14.2. The van der Waals surface area contributed by atoms with Crippen molar-refractivity contribution in [2.45, 2.75) is 32.9 Å². The Labute approximate surface area is 192 Å². The van der Waals surface area contributed by atoms with E-state index < -0.39 is 46.9 Å². The Balaban J connectivity index is 2.29. The second-order valence-corrected chi connectivity index (χ2v) is 8.00. The molecular weight excluding hydrogens is 460 g/mol. The number of carbonyl (C=O) groups excluding carboxylic acids is 3. The van der Waals surface area contributed by atoms with Crippen molar-refractivity contribution in [3.05, 3.63) is 53.6 Å². The fraction of sp³-hybridized carbons (Fsp3) is 0.273. The van der Waals surface area contributed by atoms with Crippen LogP contribution in [0.25, 0.3) is 11.1 Å². The van der Waals surface area contributed by atoms with E-state index >= 15 is 0 Å². The lowest BCUT2D eigenvalue weighted by molar-refractivity contribution is -0.140. The number of hydrogen-bond acceptors (Lipinski definition) is 7. The van der Waals surface area contributed by atoms with Crippen LogP contribution in [-0.4, -0.2) is 46.2 Å². The zero-order valence-corrected chi connectivity index (χ0v) is 18.7. The minimum atomic E-state index is -1.34. The van der Waals surface area contributed by atoms with Gasteiger partial charge in [-0.1, -0.05) is 6.07 Å². The SMILES string of the molecule is CC(=O)NC(CSC(=O)Oc1ccc(-c2ccc(F)cc2F)cc1C(=O)OC(C)C)C(=O)O. The molecule has 2 aromatic rings. The predicted molar refractivity (Wildman–Crippen MR) is 116 cm³/mol. The molecular formula is C22H21F2NO7S. The molecule has 2 aromatic carbocycles. The summed E-state index contributed by atoms with van der Waals surface area (Å²) in [5, 5.41) is 10.4. The third kappa shape index (κ3) is 7.56. The van der Waals surface area contributed by atoms with Gasteiger partial charge in [0, 0.05) is 24.3 Å². The molecule has 2 rings (SSSR count). The van der Waals surface area contributed by atoms with Crippen LogP contribution in [0.4, 0.5) is 13.6 Å². The first-order valence-electron chi connectivity index (χ1n) is 9.63. The molecule has 1 unspecified atom stereocenters. The Morgan fingerprint density at radius 3 is 2.36 bits per heavy atom. The van der Waals surface area contributed by atoms with Crippen molar-refractivity contribution in [1.29, 1.82) is 0 Å². The van der Waals surface area contributed by atoms with Crippen LogP contribution in [0.15, 0.2) is 36.4 Å². The number of hydrogen-bond donors (Lipinski definition) is 2. The molecule has 2 N–H and O–H groups in total. The van der Waals surface area contributed by atoms with Crippen LogP contribution in [0.2, 0.25) is 0 Å². The average molecular weight is 481 g/mol. The highest BCUT2D eigenvalue weighted by atomic mass is 32.2. The molecule has 0 fully saturated rings. The number of carboxylic acids is 1. The first-order chi connectivity index (χ1) is 15.5. The van der Waals surface area contributed by atoms with Gasteiger partial charge in [-0.25, -0.2) is 23.2 Å². The molecule has 11 heteroatoms.